The number of rotatable bonds is 8. The fourth-order valence-electron chi connectivity index (χ4n) is 1.80. The Bertz CT molecular complexity index is 305. The van der Waals surface area contributed by atoms with Crippen molar-refractivity contribution >= 4 is 11.9 Å². The molecule has 2 unspecified atom stereocenters. The summed E-state index contributed by atoms with van der Waals surface area (Å²) in [6, 6.07) is -0.752. The van der Waals surface area contributed by atoms with Crippen molar-refractivity contribution in [2.24, 2.45) is 0 Å². The number of hydrogen-bond donors (Lipinski definition) is 3. The first-order valence-corrected chi connectivity index (χ1v) is 6.10. The molecule has 0 saturated heterocycles. The molecule has 0 bridgehead atoms. The van der Waals surface area contributed by atoms with E-state index in [9.17, 15) is 14.7 Å². The molecule has 0 fully saturated rings. The second kappa shape index (κ2) is 8.08. The Labute approximate surface area is 114 Å². The second-order valence-electron chi connectivity index (χ2n) is 5.14. The predicted octanol–water partition coefficient (Wildman–Crippen LogP) is -1.43. The number of esters is 1. The van der Waals surface area contributed by atoms with E-state index in [4.69, 9.17) is 0 Å². The molecule has 0 spiro atoms. The largest absolute Gasteiger partial charge is 0.467 e. The minimum Gasteiger partial charge on any atom is -0.467 e. The lowest BCUT2D eigenvalue weighted by atomic mass is 10.1. The Kier molecular flexibility index (Phi) is 7.58. The maximum atomic E-state index is 11.4. The van der Waals surface area contributed by atoms with E-state index in [2.05, 4.69) is 15.4 Å². The maximum Gasteiger partial charge on any atom is 0.329 e. The van der Waals surface area contributed by atoms with E-state index < -0.39 is 17.6 Å². The van der Waals surface area contributed by atoms with Crippen LogP contribution in [0, 0.1) is 0 Å². The first-order valence-electron chi connectivity index (χ1n) is 6.10. The highest BCUT2D eigenvalue weighted by molar-refractivity contribution is 5.83. The Hall–Kier alpha value is -1.18. The molecule has 0 aliphatic rings. The number of methoxy groups -OCH3 is 1. The average molecular weight is 275 g/mol. The predicted molar refractivity (Wildman–Crippen MR) is 71.7 cm³/mol. The van der Waals surface area contributed by atoms with Crippen LogP contribution in [-0.4, -0.2) is 74.4 Å². The van der Waals surface area contributed by atoms with E-state index in [1.807, 2.05) is 19.0 Å². The third kappa shape index (κ3) is 8.52. The molecule has 0 aliphatic carbocycles. The Morgan fingerprint density at radius 3 is 2.42 bits per heavy atom. The van der Waals surface area contributed by atoms with E-state index in [0.717, 1.165) is 0 Å². The summed E-state index contributed by atoms with van der Waals surface area (Å²) in [5.41, 5.74) is -0.916. The van der Waals surface area contributed by atoms with Gasteiger partial charge in [-0.2, -0.15) is 0 Å². The fourth-order valence-corrected chi connectivity index (χ4v) is 1.80. The number of nitrogens with zero attached hydrogens (tertiary/aromatic N) is 1. The number of amides is 1. The number of carbonyl (C=O) groups excluding carboxylic acids is 2. The molecule has 112 valence electrons. The number of nitrogens with one attached hydrogen (secondary N) is 2. The first kappa shape index (κ1) is 17.8. The van der Waals surface area contributed by atoms with Crippen LogP contribution in [0.15, 0.2) is 0 Å². The van der Waals surface area contributed by atoms with Gasteiger partial charge in [-0.05, 0) is 21.0 Å². The van der Waals surface area contributed by atoms with Gasteiger partial charge in [-0.15, -0.1) is 0 Å². The summed E-state index contributed by atoms with van der Waals surface area (Å²) in [5.74, 6) is -0.827. The standard InChI is InChI=1S/C12H25N3O4/c1-9(16)14-10(11(17)19-5)6-13-7-12(2,18)8-15(3)4/h10,13,18H,6-8H2,1-5H3,(H,14,16). The second-order valence-corrected chi connectivity index (χ2v) is 5.14. The van der Waals surface area contributed by atoms with Gasteiger partial charge in [-0.3, -0.25) is 4.79 Å². The number of ether oxygens (including phenoxy) is 1. The molecule has 2 atom stereocenters. The number of aliphatic hydroxyl groups is 1. The van der Waals surface area contributed by atoms with Crippen molar-refractivity contribution in [2.75, 3.05) is 40.8 Å². The Morgan fingerprint density at radius 2 is 2.00 bits per heavy atom. The summed E-state index contributed by atoms with van der Waals surface area (Å²) in [7, 11) is 4.99. The van der Waals surface area contributed by atoms with Crippen LogP contribution in [-0.2, 0) is 14.3 Å². The van der Waals surface area contributed by atoms with Gasteiger partial charge in [0.25, 0.3) is 0 Å². The van der Waals surface area contributed by atoms with Gasteiger partial charge in [0.15, 0.2) is 0 Å². The van der Waals surface area contributed by atoms with E-state index >= 15 is 0 Å². The zero-order chi connectivity index (χ0) is 15.1. The number of likely N-dealkylation sites (N-methyl/N-ethyl adjacent to an activating group) is 1. The minimum absolute atomic E-state index is 0.204. The SMILES string of the molecule is COC(=O)C(CNCC(C)(O)CN(C)C)NC(C)=O. The van der Waals surface area contributed by atoms with Gasteiger partial charge >= 0.3 is 5.97 Å². The van der Waals surface area contributed by atoms with Gasteiger partial charge in [-0.1, -0.05) is 0 Å². The van der Waals surface area contributed by atoms with Gasteiger partial charge in [0.1, 0.15) is 6.04 Å². The molecule has 0 aromatic heterocycles. The van der Waals surface area contributed by atoms with E-state index in [0.29, 0.717) is 13.1 Å². The minimum atomic E-state index is -0.916. The quantitative estimate of drug-likeness (QED) is 0.470. The van der Waals surface area contributed by atoms with Gasteiger partial charge in [-0.25, -0.2) is 4.79 Å². The molecule has 0 rings (SSSR count). The topological polar surface area (TPSA) is 90.9 Å². The zero-order valence-corrected chi connectivity index (χ0v) is 12.3. The highest BCUT2D eigenvalue weighted by Gasteiger charge is 2.24. The number of hydrogen-bond acceptors (Lipinski definition) is 6. The van der Waals surface area contributed by atoms with Gasteiger partial charge in [0.05, 0.1) is 12.7 Å². The summed E-state index contributed by atoms with van der Waals surface area (Å²) in [6.45, 7) is 4.03. The third-order valence-electron chi connectivity index (χ3n) is 2.37. The van der Waals surface area contributed by atoms with Gasteiger partial charge in [0.2, 0.25) is 5.91 Å². The Morgan fingerprint density at radius 1 is 1.42 bits per heavy atom. The third-order valence-corrected chi connectivity index (χ3v) is 2.37. The molecule has 3 N–H and O–H groups in total. The molecule has 19 heavy (non-hydrogen) atoms. The molecular weight excluding hydrogens is 250 g/mol. The molecule has 0 aliphatic heterocycles. The summed E-state index contributed by atoms with van der Waals surface area (Å²) < 4.78 is 4.60. The van der Waals surface area contributed by atoms with Crippen LogP contribution >= 0.6 is 0 Å². The maximum absolute atomic E-state index is 11.4. The van der Waals surface area contributed by atoms with E-state index in [-0.39, 0.29) is 12.5 Å². The van der Waals surface area contributed by atoms with Crippen LogP contribution in [0.4, 0.5) is 0 Å². The lowest BCUT2D eigenvalue weighted by Gasteiger charge is -2.28. The van der Waals surface area contributed by atoms with Crippen molar-refractivity contribution in [3.8, 4) is 0 Å². The van der Waals surface area contributed by atoms with Crippen molar-refractivity contribution in [3.63, 3.8) is 0 Å². The zero-order valence-electron chi connectivity index (χ0n) is 12.3. The van der Waals surface area contributed by atoms with E-state index in [1.54, 1.807) is 6.92 Å². The van der Waals surface area contributed by atoms with Crippen LogP contribution in [0.5, 0.6) is 0 Å². The lowest BCUT2D eigenvalue weighted by Crippen LogP contribution is -2.51. The lowest BCUT2D eigenvalue weighted by molar-refractivity contribution is -0.144. The summed E-state index contributed by atoms with van der Waals surface area (Å²) in [4.78, 5) is 24.3. The van der Waals surface area contributed by atoms with Crippen LogP contribution in [0.3, 0.4) is 0 Å². The van der Waals surface area contributed by atoms with Gasteiger partial charge in [0, 0.05) is 26.6 Å². The average Bonchev–Trinajstić information content (AvgIpc) is 2.24. The number of carbonyl (C=O) groups is 2. The van der Waals surface area contributed by atoms with Crippen molar-refractivity contribution in [1.29, 1.82) is 0 Å². The molecule has 0 aromatic carbocycles. The fraction of sp³-hybridized carbons (Fsp3) is 0.833. The normalized spacial score (nSPS) is 15.7. The highest BCUT2D eigenvalue weighted by Crippen LogP contribution is 2.02. The molecule has 7 heteroatoms. The van der Waals surface area contributed by atoms with Crippen LogP contribution in [0.1, 0.15) is 13.8 Å². The van der Waals surface area contributed by atoms with Gasteiger partial charge < -0.3 is 25.4 Å². The van der Waals surface area contributed by atoms with E-state index in [1.165, 1.54) is 14.0 Å². The van der Waals surface area contributed by atoms with Crippen LogP contribution < -0.4 is 10.6 Å². The highest BCUT2D eigenvalue weighted by atomic mass is 16.5. The molecule has 7 nitrogen and oxygen atoms in total. The smallest absolute Gasteiger partial charge is 0.329 e. The molecule has 0 saturated carbocycles. The molecule has 0 radical (unpaired) electrons. The molecule has 0 heterocycles. The molecule has 1 amide bonds. The first-order chi connectivity index (χ1) is 8.68. The molecular formula is C12H25N3O4. The monoisotopic (exact) mass is 275 g/mol. The van der Waals surface area contributed by atoms with Crippen LogP contribution in [0.2, 0.25) is 0 Å². The van der Waals surface area contributed by atoms with Crippen molar-refractivity contribution in [2.45, 2.75) is 25.5 Å². The van der Waals surface area contributed by atoms with Crippen molar-refractivity contribution < 1.29 is 19.4 Å². The molecule has 0 aromatic rings. The summed E-state index contributed by atoms with van der Waals surface area (Å²) in [5, 5.41) is 15.5. The van der Waals surface area contributed by atoms with Crippen molar-refractivity contribution in [3.05, 3.63) is 0 Å². The van der Waals surface area contributed by atoms with Crippen molar-refractivity contribution in [1.82, 2.24) is 15.5 Å². The summed E-state index contributed by atoms with van der Waals surface area (Å²) in [6.07, 6.45) is 0. The Balaban J connectivity index is 4.25. The summed E-state index contributed by atoms with van der Waals surface area (Å²) >= 11 is 0. The van der Waals surface area contributed by atoms with Crippen LogP contribution in [0.25, 0.3) is 0 Å².